The number of nitrogens with zero attached hydrogens (tertiary/aromatic N) is 2. The number of piperazine rings is 1. The van der Waals surface area contributed by atoms with Crippen molar-refractivity contribution >= 4 is 5.97 Å². The second kappa shape index (κ2) is 6.23. The summed E-state index contributed by atoms with van der Waals surface area (Å²) in [6.07, 6.45) is 5.10. The summed E-state index contributed by atoms with van der Waals surface area (Å²) in [6.45, 7) is 9.51. The van der Waals surface area contributed by atoms with Crippen LogP contribution in [0, 0.1) is 5.41 Å². The fraction of sp³-hybridized carbons (Fsp3) is 0.933. The third kappa shape index (κ3) is 3.29. The smallest absolute Gasteiger partial charge is 0.310 e. The molecule has 1 aliphatic heterocycles. The second-order valence-corrected chi connectivity index (χ2v) is 6.36. The Kier molecular flexibility index (Phi) is 4.85. The van der Waals surface area contributed by atoms with Gasteiger partial charge >= 0.3 is 5.97 Å². The van der Waals surface area contributed by atoms with E-state index in [0.29, 0.717) is 6.04 Å². The van der Waals surface area contributed by atoms with Crippen molar-refractivity contribution in [2.75, 3.05) is 32.7 Å². The lowest BCUT2D eigenvalue weighted by molar-refractivity contribution is -0.150. The Balaban J connectivity index is 1.86. The fourth-order valence-corrected chi connectivity index (χ4v) is 3.54. The summed E-state index contributed by atoms with van der Waals surface area (Å²) in [6, 6.07) is 0.655. The van der Waals surface area contributed by atoms with Gasteiger partial charge in [0.2, 0.25) is 0 Å². The predicted octanol–water partition coefficient (Wildman–Crippen LogP) is 2.05. The molecule has 0 amide bonds. The first-order chi connectivity index (χ1) is 9.07. The summed E-state index contributed by atoms with van der Waals surface area (Å²) >= 11 is 0. The van der Waals surface area contributed by atoms with Gasteiger partial charge in [0.15, 0.2) is 0 Å². The zero-order valence-electron chi connectivity index (χ0n) is 12.4. The Bertz CT molecular complexity index is 305. The van der Waals surface area contributed by atoms with E-state index in [4.69, 9.17) is 0 Å². The van der Waals surface area contributed by atoms with Crippen LogP contribution in [0.1, 0.15) is 46.0 Å². The summed E-state index contributed by atoms with van der Waals surface area (Å²) in [5.41, 5.74) is -0.446. The minimum atomic E-state index is -0.575. The molecule has 19 heavy (non-hydrogen) atoms. The van der Waals surface area contributed by atoms with Crippen molar-refractivity contribution in [3.63, 3.8) is 0 Å². The second-order valence-electron chi connectivity index (χ2n) is 6.36. The molecule has 2 aliphatic rings. The monoisotopic (exact) mass is 268 g/mol. The Morgan fingerprint density at radius 3 is 2.26 bits per heavy atom. The quantitative estimate of drug-likeness (QED) is 0.829. The summed E-state index contributed by atoms with van der Waals surface area (Å²) < 4.78 is 0. The SMILES string of the molecule is CCC(C)N1CCN(CC2(C(=O)O)CCCC2)CC1. The molecule has 1 heterocycles. The lowest BCUT2D eigenvalue weighted by atomic mass is 9.85. The van der Waals surface area contributed by atoms with Gasteiger partial charge in [-0.1, -0.05) is 19.8 Å². The zero-order chi connectivity index (χ0) is 13.9. The largest absolute Gasteiger partial charge is 0.481 e. The molecule has 0 radical (unpaired) electrons. The van der Waals surface area contributed by atoms with Crippen LogP contribution in [-0.2, 0) is 4.79 Å². The number of rotatable bonds is 5. The van der Waals surface area contributed by atoms with E-state index in [-0.39, 0.29) is 0 Å². The van der Waals surface area contributed by atoms with Gasteiger partial charge in [-0.15, -0.1) is 0 Å². The molecule has 4 heteroatoms. The van der Waals surface area contributed by atoms with E-state index in [1.807, 2.05) is 0 Å². The van der Waals surface area contributed by atoms with Crippen LogP contribution in [0.5, 0.6) is 0 Å². The molecule has 0 aromatic rings. The number of carboxylic acids is 1. The van der Waals surface area contributed by atoms with E-state index < -0.39 is 11.4 Å². The molecule has 0 spiro atoms. The lowest BCUT2D eigenvalue weighted by Gasteiger charge is -2.40. The van der Waals surface area contributed by atoms with Gasteiger partial charge in [0.25, 0.3) is 0 Å². The molecule has 1 N–H and O–H groups in total. The van der Waals surface area contributed by atoms with Crippen molar-refractivity contribution in [1.82, 2.24) is 9.80 Å². The Hall–Kier alpha value is -0.610. The van der Waals surface area contributed by atoms with Gasteiger partial charge in [0.05, 0.1) is 5.41 Å². The molecule has 2 rings (SSSR count). The third-order valence-corrected chi connectivity index (χ3v) is 5.16. The van der Waals surface area contributed by atoms with E-state index >= 15 is 0 Å². The Morgan fingerprint density at radius 2 is 1.79 bits per heavy atom. The molecule has 110 valence electrons. The van der Waals surface area contributed by atoms with Crippen LogP contribution in [0.3, 0.4) is 0 Å². The first kappa shape index (κ1) is 14.8. The average molecular weight is 268 g/mol. The average Bonchev–Trinajstić information content (AvgIpc) is 2.88. The molecule has 1 unspecified atom stereocenters. The molecule has 4 nitrogen and oxygen atoms in total. The Morgan fingerprint density at radius 1 is 1.21 bits per heavy atom. The highest BCUT2D eigenvalue weighted by molar-refractivity contribution is 5.75. The van der Waals surface area contributed by atoms with Crippen LogP contribution in [0.2, 0.25) is 0 Å². The van der Waals surface area contributed by atoms with Gasteiger partial charge < -0.3 is 5.11 Å². The van der Waals surface area contributed by atoms with Crippen molar-refractivity contribution in [1.29, 1.82) is 0 Å². The normalized spacial score (nSPS) is 26.4. The minimum absolute atomic E-state index is 0.446. The highest BCUT2D eigenvalue weighted by atomic mass is 16.4. The van der Waals surface area contributed by atoms with Crippen LogP contribution >= 0.6 is 0 Å². The first-order valence-corrected chi connectivity index (χ1v) is 7.77. The molecular weight excluding hydrogens is 240 g/mol. The number of hydrogen-bond acceptors (Lipinski definition) is 3. The van der Waals surface area contributed by atoms with Crippen LogP contribution in [0.25, 0.3) is 0 Å². The predicted molar refractivity (Wildman–Crippen MR) is 76.3 cm³/mol. The third-order valence-electron chi connectivity index (χ3n) is 5.16. The van der Waals surface area contributed by atoms with Gasteiger partial charge in [-0.3, -0.25) is 14.6 Å². The van der Waals surface area contributed by atoms with Crippen LogP contribution < -0.4 is 0 Å². The molecule has 1 aliphatic carbocycles. The zero-order valence-corrected chi connectivity index (χ0v) is 12.4. The van der Waals surface area contributed by atoms with E-state index in [0.717, 1.165) is 58.4 Å². The van der Waals surface area contributed by atoms with Crippen molar-refractivity contribution in [2.24, 2.45) is 5.41 Å². The van der Waals surface area contributed by atoms with E-state index in [1.165, 1.54) is 6.42 Å². The van der Waals surface area contributed by atoms with Gasteiger partial charge in [0, 0.05) is 38.8 Å². The maximum Gasteiger partial charge on any atom is 0.310 e. The van der Waals surface area contributed by atoms with Crippen molar-refractivity contribution in [2.45, 2.75) is 52.0 Å². The van der Waals surface area contributed by atoms with Gasteiger partial charge in [-0.2, -0.15) is 0 Å². The van der Waals surface area contributed by atoms with Crippen molar-refractivity contribution in [3.05, 3.63) is 0 Å². The van der Waals surface area contributed by atoms with Crippen LogP contribution in [0.4, 0.5) is 0 Å². The summed E-state index contributed by atoms with van der Waals surface area (Å²) in [5, 5.41) is 9.54. The highest BCUT2D eigenvalue weighted by Gasteiger charge is 2.42. The summed E-state index contributed by atoms with van der Waals surface area (Å²) in [7, 11) is 0. The molecular formula is C15H28N2O2. The number of carboxylic acid groups (broad SMARTS) is 1. The molecule has 1 saturated heterocycles. The standard InChI is InChI=1S/C15H28N2O2/c1-3-13(2)17-10-8-16(9-11-17)12-15(14(18)19)6-4-5-7-15/h13H,3-12H2,1-2H3,(H,18,19). The molecule has 0 bridgehead atoms. The van der Waals surface area contributed by atoms with Crippen LogP contribution in [-0.4, -0.2) is 59.6 Å². The number of carbonyl (C=O) groups is 1. The maximum absolute atomic E-state index is 11.6. The maximum atomic E-state index is 11.6. The van der Waals surface area contributed by atoms with Gasteiger partial charge in [-0.05, 0) is 26.2 Å². The van der Waals surface area contributed by atoms with Crippen LogP contribution in [0.15, 0.2) is 0 Å². The number of aliphatic carboxylic acids is 1. The van der Waals surface area contributed by atoms with E-state index in [1.54, 1.807) is 0 Å². The summed E-state index contributed by atoms with van der Waals surface area (Å²) in [4.78, 5) is 16.5. The number of hydrogen-bond donors (Lipinski definition) is 1. The van der Waals surface area contributed by atoms with Crippen molar-refractivity contribution in [3.8, 4) is 0 Å². The molecule has 1 atom stereocenters. The van der Waals surface area contributed by atoms with E-state index in [9.17, 15) is 9.90 Å². The topological polar surface area (TPSA) is 43.8 Å². The molecule has 2 fully saturated rings. The molecule has 1 saturated carbocycles. The fourth-order valence-electron chi connectivity index (χ4n) is 3.54. The van der Waals surface area contributed by atoms with Crippen molar-refractivity contribution < 1.29 is 9.90 Å². The summed E-state index contributed by atoms with van der Waals surface area (Å²) in [5.74, 6) is -0.575. The van der Waals surface area contributed by atoms with Gasteiger partial charge in [0.1, 0.15) is 0 Å². The highest BCUT2D eigenvalue weighted by Crippen LogP contribution is 2.39. The van der Waals surface area contributed by atoms with Gasteiger partial charge in [-0.25, -0.2) is 0 Å². The molecule has 0 aromatic heterocycles. The molecule has 0 aromatic carbocycles. The minimum Gasteiger partial charge on any atom is -0.481 e. The Labute approximate surface area is 116 Å². The first-order valence-electron chi connectivity index (χ1n) is 7.77. The van der Waals surface area contributed by atoms with E-state index in [2.05, 4.69) is 23.6 Å². The lowest BCUT2D eigenvalue weighted by Crippen LogP contribution is -2.52.